The third-order valence-corrected chi connectivity index (χ3v) is 10.1. The van der Waals surface area contributed by atoms with Crippen molar-refractivity contribution in [3.05, 3.63) is 89.5 Å². The summed E-state index contributed by atoms with van der Waals surface area (Å²) in [5.41, 5.74) is 2.26. The van der Waals surface area contributed by atoms with Crippen LogP contribution in [0.5, 0.6) is 5.75 Å². The highest BCUT2D eigenvalue weighted by Crippen LogP contribution is 2.29. The lowest BCUT2D eigenvalue weighted by Crippen LogP contribution is -2.48. The number of sulfonamides is 1. The first-order chi connectivity index (χ1) is 22.9. The van der Waals surface area contributed by atoms with Gasteiger partial charge in [-0.25, -0.2) is 8.42 Å². The molecule has 0 saturated carbocycles. The van der Waals surface area contributed by atoms with Gasteiger partial charge in [-0.1, -0.05) is 55.0 Å². The smallest absolute Gasteiger partial charge is 0.261 e. The fourth-order valence-electron chi connectivity index (χ4n) is 5.66. The summed E-state index contributed by atoms with van der Waals surface area (Å²) in [6.07, 6.45) is 2.01. The van der Waals surface area contributed by atoms with E-state index >= 15 is 0 Å². The first-order valence-electron chi connectivity index (χ1n) is 16.6. The topological polar surface area (TPSA) is 125 Å². The van der Waals surface area contributed by atoms with E-state index in [-0.39, 0.29) is 59.8 Å². The third kappa shape index (κ3) is 10.0. The Labute approximate surface area is 285 Å². The molecule has 0 saturated heterocycles. The molecule has 2 N–H and O–H groups in total. The van der Waals surface area contributed by atoms with E-state index < -0.39 is 22.0 Å². The maximum absolute atomic E-state index is 14.4. The molecule has 1 aliphatic heterocycles. The number of aliphatic hydroxyl groups excluding tert-OH is 1. The van der Waals surface area contributed by atoms with Crippen molar-refractivity contribution in [3.63, 3.8) is 0 Å². The quantitative estimate of drug-likeness (QED) is 0.315. The SMILES string of the molecule is Cc1ccc(S(=O)(=O)Nc2ccc3c(c2)C(=O)N([C@@H](C)CO)C[C@@H](C)[C@H](CN(C)C(=O)Cc2ccccc2)OCCCC[C@@H](C)O3)cc1. The van der Waals surface area contributed by atoms with Crippen LogP contribution in [0.4, 0.5) is 5.69 Å². The highest BCUT2D eigenvalue weighted by molar-refractivity contribution is 7.92. The number of aliphatic hydroxyl groups is 1. The highest BCUT2D eigenvalue weighted by atomic mass is 32.2. The Hall–Kier alpha value is -3.93. The van der Waals surface area contributed by atoms with Crippen molar-refractivity contribution >= 4 is 27.5 Å². The predicted octanol–water partition coefficient (Wildman–Crippen LogP) is 5.29. The van der Waals surface area contributed by atoms with Crippen molar-refractivity contribution in [1.29, 1.82) is 0 Å². The number of anilines is 1. The minimum absolute atomic E-state index is 0.0337. The van der Waals surface area contributed by atoms with E-state index in [1.807, 2.05) is 51.1 Å². The summed E-state index contributed by atoms with van der Waals surface area (Å²) < 4.78 is 41.7. The zero-order valence-corrected chi connectivity index (χ0v) is 29.4. The third-order valence-electron chi connectivity index (χ3n) is 8.71. The average Bonchev–Trinajstić information content (AvgIpc) is 3.06. The Morgan fingerprint density at radius 2 is 1.77 bits per heavy atom. The summed E-state index contributed by atoms with van der Waals surface area (Å²) in [4.78, 5) is 30.9. The van der Waals surface area contributed by atoms with E-state index in [2.05, 4.69) is 4.72 Å². The summed E-state index contributed by atoms with van der Waals surface area (Å²) in [6.45, 7) is 8.31. The number of carbonyl (C=O) groups is 2. The molecule has 0 fully saturated rings. The molecule has 4 rings (SSSR count). The number of rotatable bonds is 9. The second kappa shape index (κ2) is 16.9. The van der Waals surface area contributed by atoms with Crippen LogP contribution in [0.3, 0.4) is 0 Å². The van der Waals surface area contributed by atoms with Crippen molar-refractivity contribution < 1.29 is 32.6 Å². The summed E-state index contributed by atoms with van der Waals surface area (Å²) >= 11 is 0. The lowest BCUT2D eigenvalue weighted by atomic mass is 10.0. The number of likely N-dealkylation sites (N-methyl/N-ethyl adjacent to an activating group) is 1. The molecule has 260 valence electrons. The maximum Gasteiger partial charge on any atom is 0.261 e. The van der Waals surface area contributed by atoms with Gasteiger partial charge in [0.1, 0.15) is 5.75 Å². The van der Waals surface area contributed by atoms with Gasteiger partial charge >= 0.3 is 0 Å². The van der Waals surface area contributed by atoms with Crippen LogP contribution in [0.15, 0.2) is 77.7 Å². The summed E-state index contributed by atoms with van der Waals surface area (Å²) in [5, 5.41) is 10.2. The largest absolute Gasteiger partial charge is 0.490 e. The van der Waals surface area contributed by atoms with Gasteiger partial charge in [0.25, 0.3) is 15.9 Å². The Bertz CT molecular complexity index is 1620. The summed E-state index contributed by atoms with van der Waals surface area (Å²) in [5.74, 6) is -0.325. The lowest BCUT2D eigenvalue weighted by molar-refractivity contribution is -0.131. The summed E-state index contributed by atoms with van der Waals surface area (Å²) in [7, 11) is -2.16. The predicted molar refractivity (Wildman–Crippen MR) is 187 cm³/mol. The molecule has 0 aromatic heterocycles. The lowest BCUT2D eigenvalue weighted by Gasteiger charge is -2.36. The second-order valence-corrected chi connectivity index (χ2v) is 14.5. The molecule has 0 unspecified atom stereocenters. The number of nitrogens with one attached hydrogen (secondary N) is 1. The Morgan fingerprint density at radius 3 is 2.46 bits per heavy atom. The molecular formula is C37H49N3O7S. The number of carbonyl (C=O) groups excluding carboxylic acids is 2. The van der Waals surface area contributed by atoms with Crippen LogP contribution < -0.4 is 9.46 Å². The zero-order valence-electron chi connectivity index (χ0n) is 28.6. The molecule has 3 aromatic rings. The summed E-state index contributed by atoms with van der Waals surface area (Å²) in [6, 6.07) is 20.2. The van der Waals surface area contributed by atoms with Gasteiger partial charge in [-0.05, 0) is 75.9 Å². The van der Waals surface area contributed by atoms with Crippen LogP contribution in [-0.4, -0.2) is 86.7 Å². The van der Waals surface area contributed by atoms with Crippen LogP contribution in [0.25, 0.3) is 0 Å². The molecule has 3 aromatic carbocycles. The van der Waals surface area contributed by atoms with E-state index in [9.17, 15) is 23.1 Å². The highest BCUT2D eigenvalue weighted by Gasteiger charge is 2.31. The number of ether oxygens (including phenoxy) is 2. The number of hydrogen-bond acceptors (Lipinski definition) is 7. The van der Waals surface area contributed by atoms with Gasteiger partial charge in [0.15, 0.2) is 0 Å². The number of benzene rings is 3. The van der Waals surface area contributed by atoms with E-state index in [1.165, 1.54) is 18.2 Å². The van der Waals surface area contributed by atoms with Crippen molar-refractivity contribution in [2.45, 2.75) is 76.5 Å². The first-order valence-corrected chi connectivity index (χ1v) is 18.1. The van der Waals surface area contributed by atoms with Gasteiger partial charge in [-0.3, -0.25) is 14.3 Å². The molecule has 2 amide bonds. The number of fused-ring (bicyclic) bond motifs is 1. The molecule has 10 nitrogen and oxygen atoms in total. The first kappa shape index (κ1) is 36.9. The van der Waals surface area contributed by atoms with Gasteiger partial charge in [-0.15, -0.1) is 0 Å². The Morgan fingerprint density at radius 1 is 1.06 bits per heavy atom. The minimum Gasteiger partial charge on any atom is -0.490 e. The van der Waals surface area contributed by atoms with E-state index in [0.29, 0.717) is 25.3 Å². The van der Waals surface area contributed by atoms with Gasteiger partial charge < -0.3 is 24.4 Å². The normalized spacial score (nSPS) is 20.2. The van der Waals surface area contributed by atoms with Crippen molar-refractivity contribution in [3.8, 4) is 5.75 Å². The number of aryl methyl sites for hydroxylation is 1. The molecule has 0 spiro atoms. The van der Waals surface area contributed by atoms with Crippen molar-refractivity contribution in [1.82, 2.24) is 9.80 Å². The zero-order chi connectivity index (χ0) is 34.8. The Balaban J connectivity index is 1.63. The molecule has 0 aliphatic carbocycles. The fourth-order valence-corrected chi connectivity index (χ4v) is 6.71. The van der Waals surface area contributed by atoms with E-state index in [0.717, 1.165) is 24.0 Å². The van der Waals surface area contributed by atoms with Crippen LogP contribution in [-0.2, 0) is 26.0 Å². The molecule has 1 heterocycles. The van der Waals surface area contributed by atoms with Gasteiger partial charge in [0, 0.05) is 38.3 Å². The number of hydrogen-bond donors (Lipinski definition) is 2. The molecule has 11 heteroatoms. The van der Waals surface area contributed by atoms with Crippen LogP contribution in [0.1, 0.15) is 61.5 Å². The molecule has 0 bridgehead atoms. The molecular weight excluding hydrogens is 630 g/mol. The molecule has 48 heavy (non-hydrogen) atoms. The number of amides is 2. The fraction of sp³-hybridized carbons (Fsp3) is 0.459. The van der Waals surface area contributed by atoms with Gasteiger partial charge in [-0.2, -0.15) is 0 Å². The van der Waals surface area contributed by atoms with Crippen LogP contribution >= 0.6 is 0 Å². The van der Waals surface area contributed by atoms with Crippen molar-refractivity contribution in [2.75, 3.05) is 38.1 Å². The van der Waals surface area contributed by atoms with Crippen molar-refractivity contribution in [2.24, 2.45) is 5.92 Å². The van der Waals surface area contributed by atoms with E-state index in [1.54, 1.807) is 48.0 Å². The van der Waals surface area contributed by atoms with Gasteiger partial charge in [0.05, 0.1) is 41.7 Å². The second-order valence-electron chi connectivity index (χ2n) is 12.9. The molecule has 4 atom stereocenters. The number of nitrogens with zero attached hydrogens (tertiary/aromatic N) is 2. The monoisotopic (exact) mass is 679 g/mol. The van der Waals surface area contributed by atoms with Crippen LogP contribution in [0.2, 0.25) is 0 Å². The maximum atomic E-state index is 14.4. The standard InChI is InChI=1S/C37H49N3O7S/c1-26-14-17-32(18-15-26)48(44,45)38-31-16-19-34-33(22-31)37(43)40(28(3)25-41)23-27(2)35(46-20-10-9-11-29(4)47-34)24-39(5)36(42)21-30-12-7-6-8-13-30/h6-8,12-19,22,27-29,35,38,41H,9-11,20-21,23-25H2,1-5H3/t27-,28+,29-,35+/m1/s1. The van der Waals surface area contributed by atoms with Crippen LogP contribution in [0, 0.1) is 12.8 Å². The van der Waals surface area contributed by atoms with Gasteiger partial charge in [0.2, 0.25) is 5.91 Å². The molecule has 0 radical (unpaired) electrons. The van der Waals surface area contributed by atoms with E-state index in [4.69, 9.17) is 9.47 Å². The molecule has 1 aliphatic rings. The minimum atomic E-state index is -3.93. The average molecular weight is 680 g/mol. The Kier molecular flexibility index (Phi) is 13.0.